The second kappa shape index (κ2) is 6.91. The van der Waals surface area contributed by atoms with Crippen LogP contribution in [0.3, 0.4) is 0 Å². The molecule has 0 radical (unpaired) electrons. The zero-order valence-electron chi connectivity index (χ0n) is 18.1. The summed E-state index contributed by atoms with van der Waals surface area (Å²) in [6.07, 6.45) is 10.4. The average molecular weight is 438 g/mol. The van der Waals surface area contributed by atoms with E-state index in [1.54, 1.807) is 45.1 Å². The third-order valence-electron chi connectivity index (χ3n) is 6.30. The summed E-state index contributed by atoms with van der Waals surface area (Å²) in [4.78, 5) is 31.4. The van der Waals surface area contributed by atoms with Crippen molar-refractivity contribution in [3.63, 3.8) is 0 Å². The first-order valence-corrected chi connectivity index (χ1v) is 10.3. The number of carbonyl (C=O) groups excluding carboxylic acids is 1. The minimum absolute atomic E-state index is 0.235. The summed E-state index contributed by atoms with van der Waals surface area (Å²) in [7, 11) is 4.66. The Balaban J connectivity index is 1.75. The summed E-state index contributed by atoms with van der Waals surface area (Å²) in [5.74, 6) is 0.475. The van der Waals surface area contributed by atoms with Gasteiger partial charge in [0.15, 0.2) is 11.4 Å². The molecule has 2 aliphatic carbocycles. The molecule has 4 aromatic rings. The molecule has 4 aromatic heterocycles. The van der Waals surface area contributed by atoms with Crippen LogP contribution < -0.4 is 0 Å². The van der Waals surface area contributed by atoms with Crippen molar-refractivity contribution in [2.45, 2.75) is 5.60 Å². The van der Waals surface area contributed by atoms with E-state index in [1.165, 1.54) is 7.11 Å². The van der Waals surface area contributed by atoms with E-state index in [-0.39, 0.29) is 17.2 Å². The van der Waals surface area contributed by atoms with Gasteiger partial charge in [-0.25, -0.2) is 0 Å². The summed E-state index contributed by atoms with van der Waals surface area (Å²) < 4.78 is 17.4. The van der Waals surface area contributed by atoms with E-state index in [0.717, 1.165) is 22.0 Å². The van der Waals surface area contributed by atoms with Crippen LogP contribution in [-0.2, 0) is 19.8 Å². The second-order valence-corrected chi connectivity index (χ2v) is 7.74. The Kier molecular flexibility index (Phi) is 4.09. The summed E-state index contributed by atoms with van der Waals surface area (Å²) >= 11 is 0. The molecule has 0 bridgehead atoms. The fourth-order valence-corrected chi connectivity index (χ4v) is 4.85. The van der Waals surface area contributed by atoms with Crippen molar-refractivity contribution < 1.29 is 19.0 Å². The largest absolute Gasteiger partial charge is 0.497 e. The minimum atomic E-state index is -1.24. The SMILES string of the molecule is COC1=Cc2ccnc3c(C4(OC)C(OC)=Cc5ccnc6ccnc4c56)cnc(c23)C1=O. The number of pyridine rings is 4. The number of nitrogens with zero attached hydrogens (tertiary/aromatic N) is 4. The molecule has 0 aromatic carbocycles. The number of carbonyl (C=O) groups is 1. The monoisotopic (exact) mass is 438 g/mol. The molecule has 2 aliphatic rings. The van der Waals surface area contributed by atoms with E-state index in [4.69, 9.17) is 19.2 Å². The van der Waals surface area contributed by atoms with Crippen LogP contribution in [0.1, 0.15) is 32.9 Å². The Morgan fingerprint density at radius 1 is 0.818 bits per heavy atom. The second-order valence-electron chi connectivity index (χ2n) is 7.74. The van der Waals surface area contributed by atoms with Crippen molar-refractivity contribution in [3.05, 3.63) is 82.6 Å². The van der Waals surface area contributed by atoms with Gasteiger partial charge in [0.1, 0.15) is 11.5 Å². The van der Waals surface area contributed by atoms with Crippen molar-refractivity contribution in [2.75, 3.05) is 21.3 Å². The molecule has 0 fully saturated rings. The van der Waals surface area contributed by atoms with Crippen LogP contribution in [0.5, 0.6) is 0 Å². The Bertz CT molecular complexity index is 1550. The highest BCUT2D eigenvalue weighted by Crippen LogP contribution is 2.49. The first kappa shape index (κ1) is 19.5. The number of allylic oxidation sites excluding steroid dienone is 1. The zero-order chi connectivity index (χ0) is 22.7. The molecule has 0 saturated carbocycles. The number of hydrogen-bond donors (Lipinski definition) is 0. The summed E-state index contributed by atoms with van der Waals surface area (Å²) in [5.41, 5.74) is 3.38. The maximum Gasteiger partial charge on any atom is 0.246 e. The molecule has 0 saturated heterocycles. The van der Waals surface area contributed by atoms with Crippen LogP contribution in [0.25, 0.3) is 34.0 Å². The van der Waals surface area contributed by atoms with Crippen LogP contribution in [0.2, 0.25) is 0 Å². The predicted octanol–water partition coefficient (Wildman–Crippen LogP) is 3.65. The van der Waals surface area contributed by atoms with Crippen LogP contribution in [0.4, 0.5) is 0 Å². The van der Waals surface area contributed by atoms with Gasteiger partial charge in [0, 0.05) is 48.2 Å². The van der Waals surface area contributed by atoms with Gasteiger partial charge in [0.25, 0.3) is 0 Å². The number of Topliss-reactive ketones (excluding diaryl/α,β-unsaturated/α-hetero) is 1. The maximum atomic E-state index is 12.9. The van der Waals surface area contributed by atoms with Crippen molar-refractivity contribution in [1.29, 1.82) is 0 Å². The quantitative estimate of drug-likeness (QED) is 0.476. The Morgan fingerprint density at radius 3 is 2.33 bits per heavy atom. The van der Waals surface area contributed by atoms with Gasteiger partial charge in [-0.05, 0) is 41.5 Å². The van der Waals surface area contributed by atoms with Crippen molar-refractivity contribution in [2.24, 2.45) is 0 Å². The fraction of sp³-hybridized carbons (Fsp3) is 0.160. The smallest absolute Gasteiger partial charge is 0.246 e. The Labute approximate surface area is 188 Å². The van der Waals surface area contributed by atoms with E-state index in [1.807, 2.05) is 24.3 Å². The summed E-state index contributed by atoms with van der Waals surface area (Å²) in [5, 5.41) is 1.50. The molecule has 8 heteroatoms. The van der Waals surface area contributed by atoms with E-state index in [2.05, 4.69) is 15.0 Å². The highest BCUT2D eigenvalue weighted by molar-refractivity contribution is 6.20. The highest BCUT2D eigenvalue weighted by atomic mass is 16.5. The van der Waals surface area contributed by atoms with Crippen LogP contribution in [0.15, 0.2) is 54.5 Å². The third kappa shape index (κ3) is 2.41. The van der Waals surface area contributed by atoms with Gasteiger partial charge in [0.2, 0.25) is 5.78 Å². The van der Waals surface area contributed by atoms with Gasteiger partial charge in [-0.3, -0.25) is 24.7 Å². The molecule has 1 unspecified atom stereocenters. The molecular weight excluding hydrogens is 420 g/mol. The minimum Gasteiger partial charge on any atom is -0.497 e. The number of rotatable bonds is 4. The number of aromatic nitrogens is 4. The number of ketones is 1. The highest BCUT2D eigenvalue weighted by Gasteiger charge is 2.48. The normalized spacial score (nSPS) is 18.8. The van der Waals surface area contributed by atoms with E-state index in [0.29, 0.717) is 27.9 Å². The standard InChI is InChI=1S/C25H18N4O4/c1-31-17-10-13-5-8-27-21-15(12-29-22(20(13)21)23(17)30)25(33-3)18(32-2)11-14-4-7-26-16-6-9-28-24(25)19(14)16/h4-12H,1-3H3. The first-order chi connectivity index (χ1) is 16.1. The molecule has 0 amide bonds. The van der Waals surface area contributed by atoms with Crippen LogP contribution in [0, 0.1) is 0 Å². The molecule has 33 heavy (non-hydrogen) atoms. The van der Waals surface area contributed by atoms with Gasteiger partial charge in [-0.1, -0.05) is 0 Å². The van der Waals surface area contributed by atoms with Gasteiger partial charge in [-0.2, -0.15) is 0 Å². The van der Waals surface area contributed by atoms with Gasteiger partial charge >= 0.3 is 0 Å². The predicted molar refractivity (Wildman–Crippen MR) is 121 cm³/mol. The lowest BCUT2D eigenvalue weighted by Gasteiger charge is -2.37. The third-order valence-corrected chi connectivity index (χ3v) is 6.30. The van der Waals surface area contributed by atoms with E-state index < -0.39 is 5.60 Å². The van der Waals surface area contributed by atoms with Crippen LogP contribution in [-0.4, -0.2) is 47.0 Å². The molecule has 6 rings (SSSR count). The maximum absolute atomic E-state index is 12.9. The molecule has 1 atom stereocenters. The fourth-order valence-electron chi connectivity index (χ4n) is 4.85. The molecule has 4 heterocycles. The number of ether oxygens (including phenoxy) is 3. The van der Waals surface area contributed by atoms with E-state index >= 15 is 0 Å². The Morgan fingerprint density at radius 2 is 1.58 bits per heavy atom. The molecule has 162 valence electrons. The number of methoxy groups -OCH3 is 3. The molecule has 0 aliphatic heterocycles. The zero-order valence-corrected chi connectivity index (χ0v) is 18.1. The van der Waals surface area contributed by atoms with Crippen LogP contribution >= 0.6 is 0 Å². The lowest BCUT2D eigenvalue weighted by molar-refractivity contribution is 0.00872. The lowest BCUT2D eigenvalue weighted by atomic mass is 9.79. The summed E-state index contributed by atoms with van der Waals surface area (Å²) in [6.45, 7) is 0. The topological polar surface area (TPSA) is 96.3 Å². The van der Waals surface area contributed by atoms with Crippen molar-refractivity contribution in [3.8, 4) is 0 Å². The van der Waals surface area contributed by atoms with E-state index in [9.17, 15) is 4.79 Å². The lowest BCUT2D eigenvalue weighted by Crippen LogP contribution is -2.37. The number of hydrogen-bond acceptors (Lipinski definition) is 8. The average Bonchev–Trinajstić information content (AvgIpc) is 2.86. The van der Waals surface area contributed by atoms with Gasteiger partial charge < -0.3 is 14.2 Å². The molecule has 0 spiro atoms. The summed E-state index contributed by atoms with van der Waals surface area (Å²) in [6, 6.07) is 5.60. The molecule has 0 N–H and O–H groups in total. The molecule has 8 nitrogen and oxygen atoms in total. The van der Waals surface area contributed by atoms with Crippen molar-refractivity contribution >= 4 is 39.7 Å². The Hall–Kier alpha value is -4.17. The van der Waals surface area contributed by atoms with Gasteiger partial charge in [0.05, 0.1) is 30.9 Å². The van der Waals surface area contributed by atoms with Crippen molar-refractivity contribution in [1.82, 2.24) is 19.9 Å². The first-order valence-electron chi connectivity index (χ1n) is 10.3. The molecular formula is C25H18N4O4. The van der Waals surface area contributed by atoms with Gasteiger partial charge in [-0.15, -0.1) is 0 Å².